The number of carbonyl (C=O) groups excluding carboxylic acids is 2. The topological polar surface area (TPSA) is 70.0 Å². The maximum Gasteiger partial charge on any atom is 0.231 e. The molecular weight excluding hydrogens is 224 g/mol. The minimum atomic E-state index is -0.352. The molecule has 0 aliphatic rings. The summed E-state index contributed by atoms with van der Waals surface area (Å²) in [5.41, 5.74) is 0.660. The van der Waals surface area contributed by atoms with Crippen LogP contribution in [0.3, 0.4) is 0 Å². The van der Waals surface area contributed by atoms with E-state index in [1.807, 2.05) is 6.07 Å². The van der Waals surface area contributed by atoms with Gasteiger partial charge in [0.2, 0.25) is 5.91 Å². The van der Waals surface area contributed by atoms with Crippen molar-refractivity contribution in [2.45, 2.75) is 6.42 Å². The zero-order chi connectivity index (χ0) is 11.8. The lowest BCUT2D eigenvalue weighted by atomic mass is 10.2. The molecule has 0 heterocycles. The number of rotatable bonds is 5. The third kappa shape index (κ3) is 4.62. The molecule has 0 saturated heterocycles. The van der Waals surface area contributed by atoms with Gasteiger partial charge < -0.3 is 5.32 Å². The fraction of sp³-hybridized carbons (Fsp3) is 0.182. The average Bonchev–Trinajstić information content (AvgIpc) is 2.27. The predicted molar refractivity (Wildman–Crippen MR) is 62.8 cm³/mol. The SMILES string of the molecule is N#CSCC(=O)CC(=O)Nc1ccccc1. The number of para-hydroxylation sites is 1. The van der Waals surface area contributed by atoms with Crippen LogP contribution < -0.4 is 5.32 Å². The van der Waals surface area contributed by atoms with E-state index < -0.39 is 0 Å². The number of Topliss-reactive ketones (excluding diaryl/α,β-unsaturated/α-hetero) is 1. The molecule has 0 aromatic heterocycles. The number of nitriles is 1. The number of hydrogen-bond donors (Lipinski definition) is 1. The Morgan fingerprint density at radius 3 is 2.62 bits per heavy atom. The number of hydrogen-bond acceptors (Lipinski definition) is 4. The molecule has 0 radical (unpaired) electrons. The fourth-order valence-corrected chi connectivity index (χ4v) is 1.40. The van der Waals surface area contributed by atoms with E-state index in [2.05, 4.69) is 5.32 Å². The highest BCUT2D eigenvalue weighted by molar-refractivity contribution is 8.04. The number of anilines is 1. The summed E-state index contributed by atoms with van der Waals surface area (Å²) in [5.74, 6) is -0.548. The molecule has 1 aromatic rings. The summed E-state index contributed by atoms with van der Waals surface area (Å²) in [6.07, 6.45) is -0.191. The molecule has 0 atom stereocenters. The molecule has 1 N–H and O–H groups in total. The summed E-state index contributed by atoms with van der Waals surface area (Å²) in [5, 5.41) is 12.6. The summed E-state index contributed by atoms with van der Waals surface area (Å²) in [6.45, 7) is 0. The van der Waals surface area contributed by atoms with Crippen LogP contribution >= 0.6 is 11.8 Å². The lowest BCUT2D eigenvalue weighted by Gasteiger charge is -2.03. The van der Waals surface area contributed by atoms with Gasteiger partial charge in [-0.15, -0.1) is 0 Å². The molecule has 82 valence electrons. The first-order valence-corrected chi connectivity index (χ1v) is 5.58. The van der Waals surface area contributed by atoms with Crippen molar-refractivity contribution in [1.29, 1.82) is 5.26 Å². The van der Waals surface area contributed by atoms with Crippen molar-refractivity contribution in [2.24, 2.45) is 0 Å². The lowest BCUT2D eigenvalue weighted by molar-refractivity contribution is -0.123. The van der Waals surface area contributed by atoms with Gasteiger partial charge in [0, 0.05) is 5.69 Å². The Hall–Kier alpha value is -1.80. The molecular formula is C11H10N2O2S. The van der Waals surface area contributed by atoms with Crippen molar-refractivity contribution >= 4 is 29.1 Å². The predicted octanol–water partition coefficient (Wildman–Crippen LogP) is 1.80. The van der Waals surface area contributed by atoms with E-state index in [0.29, 0.717) is 5.69 Å². The fourth-order valence-electron chi connectivity index (χ4n) is 1.07. The summed E-state index contributed by atoms with van der Waals surface area (Å²) < 4.78 is 0. The minimum absolute atomic E-state index is 0.0543. The molecule has 1 rings (SSSR count). The van der Waals surface area contributed by atoms with Gasteiger partial charge >= 0.3 is 0 Å². The van der Waals surface area contributed by atoms with E-state index >= 15 is 0 Å². The third-order valence-corrected chi connectivity index (χ3v) is 2.31. The second-order valence-electron chi connectivity index (χ2n) is 3.01. The number of benzene rings is 1. The van der Waals surface area contributed by atoms with E-state index in [1.54, 1.807) is 29.7 Å². The standard InChI is InChI=1S/C11H10N2O2S/c12-8-16-7-10(14)6-11(15)13-9-4-2-1-3-5-9/h1-5H,6-7H2,(H,13,15). The van der Waals surface area contributed by atoms with E-state index in [4.69, 9.17) is 5.26 Å². The molecule has 0 fully saturated rings. The molecule has 0 aliphatic heterocycles. The maximum atomic E-state index is 11.4. The Balaban J connectivity index is 2.37. The minimum Gasteiger partial charge on any atom is -0.326 e. The van der Waals surface area contributed by atoms with Crippen molar-refractivity contribution in [1.82, 2.24) is 0 Å². The normalized spacial score (nSPS) is 9.19. The summed E-state index contributed by atoms with van der Waals surface area (Å²) >= 11 is 0.841. The highest BCUT2D eigenvalue weighted by Crippen LogP contribution is 2.06. The Bertz CT molecular complexity index is 412. The first kappa shape index (κ1) is 12.3. The molecule has 0 unspecified atom stereocenters. The second kappa shape index (κ2) is 6.64. The molecule has 1 amide bonds. The van der Waals surface area contributed by atoms with E-state index in [0.717, 1.165) is 11.8 Å². The number of nitrogens with one attached hydrogen (secondary N) is 1. The number of ketones is 1. The summed E-state index contributed by atoms with van der Waals surface area (Å²) in [4.78, 5) is 22.5. The van der Waals surface area contributed by atoms with Gasteiger partial charge in [-0.3, -0.25) is 9.59 Å². The van der Waals surface area contributed by atoms with Crippen LogP contribution in [0, 0.1) is 10.7 Å². The van der Waals surface area contributed by atoms with Crippen LogP contribution in [0.4, 0.5) is 5.69 Å². The largest absolute Gasteiger partial charge is 0.326 e. The molecule has 0 bridgehead atoms. The quantitative estimate of drug-likeness (QED) is 0.623. The summed E-state index contributed by atoms with van der Waals surface area (Å²) in [7, 11) is 0. The maximum absolute atomic E-state index is 11.4. The van der Waals surface area contributed by atoms with Crippen molar-refractivity contribution in [3.05, 3.63) is 30.3 Å². The monoisotopic (exact) mass is 234 g/mol. The average molecular weight is 234 g/mol. The van der Waals surface area contributed by atoms with Crippen molar-refractivity contribution in [3.63, 3.8) is 0 Å². The molecule has 16 heavy (non-hydrogen) atoms. The molecule has 5 heteroatoms. The van der Waals surface area contributed by atoms with Gasteiger partial charge in [-0.1, -0.05) is 18.2 Å². The van der Waals surface area contributed by atoms with E-state index in [9.17, 15) is 9.59 Å². The number of thiocyanates is 1. The zero-order valence-electron chi connectivity index (χ0n) is 8.47. The van der Waals surface area contributed by atoms with Gasteiger partial charge in [-0.25, -0.2) is 0 Å². The van der Waals surface area contributed by atoms with Crippen LogP contribution in [-0.4, -0.2) is 17.4 Å². The number of amides is 1. The number of nitrogens with zero attached hydrogens (tertiary/aromatic N) is 1. The lowest BCUT2D eigenvalue weighted by Crippen LogP contribution is -2.17. The van der Waals surface area contributed by atoms with Gasteiger partial charge in [0.15, 0.2) is 5.78 Å². The Morgan fingerprint density at radius 1 is 1.31 bits per heavy atom. The van der Waals surface area contributed by atoms with Crippen molar-refractivity contribution < 1.29 is 9.59 Å². The van der Waals surface area contributed by atoms with Gasteiger partial charge in [0.05, 0.1) is 12.2 Å². The van der Waals surface area contributed by atoms with Gasteiger partial charge in [0.25, 0.3) is 0 Å². The third-order valence-electron chi connectivity index (χ3n) is 1.71. The number of carbonyl (C=O) groups is 2. The molecule has 0 saturated carbocycles. The number of thioether (sulfide) groups is 1. The molecule has 0 aliphatic carbocycles. The van der Waals surface area contributed by atoms with Crippen LogP contribution in [-0.2, 0) is 9.59 Å². The molecule has 1 aromatic carbocycles. The van der Waals surface area contributed by atoms with Crippen LogP contribution in [0.15, 0.2) is 30.3 Å². The van der Waals surface area contributed by atoms with Crippen LogP contribution in [0.1, 0.15) is 6.42 Å². The smallest absolute Gasteiger partial charge is 0.231 e. The van der Waals surface area contributed by atoms with Gasteiger partial charge in [-0.2, -0.15) is 5.26 Å². The van der Waals surface area contributed by atoms with E-state index in [1.165, 1.54) is 0 Å². The molecule has 0 spiro atoms. The van der Waals surface area contributed by atoms with Crippen LogP contribution in [0.2, 0.25) is 0 Å². The van der Waals surface area contributed by atoms with Crippen molar-refractivity contribution in [3.8, 4) is 5.40 Å². The Morgan fingerprint density at radius 2 is 2.00 bits per heavy atom. The Kier molecular flexibility index (Phi) is 5.09. The van der Waals surface area contributed by atoms with Gasteiger partial charge in [-0.05, 0) is 23.9 Å². The van der Waals surface area contributed by atoms with Crippen LogP contribution in [0.5, 0.6) is 0 Å². The highest BCUT2D eigenvalue weighted by atomic mass is 32.2. The second-order valence-corrected chi connectivity index (χ2v) is 3.77. The Labute approximate surface area is 97.6 Å². The van der Waals surface area contributed by atoms with E-state index in [-0.39, 0.29) is 23.9 Å². The first-order chi connectivity index (χ1) is 7.72. The zero-order valence-corrected chi connectivity index (χ0v) is 9.29. The van der Waals surface area contributed by atoms with Crippen LogP contribution in [0.25, 0.3) is 0 Å². The highest BCUT2D eigenvalue weighted by Gasteiger charge is 2.09. The molecule has 4 nitrogen and oxygen atoms in total. The van der Waals surface area contributed by atoms with Crippen molar-refractivity contribution in [2.75, 3.05) is 11.1 Å². The first-order valence-electron chi connectivity index (χ1n) is 4.60. The summed E-state index contributed by atoms with van der Waals surface area (Å²) in [6, 6.07) is 8.91. The van der Waals surface area contributed by atoms with Gasteiger partial charge in [0.1, 0.15) is 5.40 Å².